The van der Waals surface area contributed by atoms with Gasteiger partial charge < -0.3 is 15.2 Å². The molecule has 18 heavy (non-hydrogen) atoms. The van der Waals surface area contributed by atoms with Gasteiger partial charge in [0, 0.05) is 5.69 Å². The number of ether oxygens (including phenoxy) is 2. The highest BCUT2D eigenvalue weighted by Crippen LogP contribution is 2.28. The van der Waals surface area contributed by atoms with Crippen LogP contribution in [0, 0.1) is 0 Å². The quantitative estimate of drug-likeness (QED) is 0.658. The fourth-order valence-electron chi connectivity index (χ4n) is 2.20. The van der Waals surface area contributed by atoms with Crippen LogP contribution >= 0.6 is 0 Å². The van der Waals surface area contributed by atoms with Crippen LogP contribution in [0.4, 0.5) is 5.69 Å². The maximum Gasteiger partial charge on any atom is 0.341 e. The summed E-state index contributed by atoms with van der Waals surface area (Å²) < 4.78 is 10.9. The van der Waals surface area contributed by atoms with E-state index in [1.165, 1.54) is 12.8 Å². The number of hydrogen-bond donors (Lipinski definition) is 1. The van der Waals surface area contributed by atoms with Crippen LogP contribution in [0.15, 0.2) is 18.2 Å². The van der Waals surface area contributed by atoms with E-state index < -0.39 is 0 Å². The molecule has 2 rings (SSSR count). The molecule has 4 nitrogen and oxygen atoms in total. The van der Waals surface area contributed by atoms with E-state index in [1.807, 2.05) is 0 Å². The Hall–Kier alpha value is -1.71. The zero-order chi connectivity index (χ0) is 13.0. The van der Waals surface area contributed by atoms with Crippen molar-refractivity contribution in [2.24, 2.45) is 0 Å². The molecular weight excluding hydrogens is 230 g/mol. The molecule has 1 saturated carbocycles. The SMILES string of the molecule is CCOC(=O)c1cc(N)ccc1OC1CCCC1. The van der Waals surface area contributed by atoms with Crippen LogP contribution in [0.25, 0.3) is 0 Å². The number of nitrogens with two attached hydrogens (primary N) is 1. The van der Waals surface area contributed by atoms with Crippen LogP contribution in [0.2, 0.25) is 0 Å². The van der Waals surface area contributed by atoms with Crippen LogP contribution in [-0.4, -0.2) is 18.7 Å². The molecule has 98 valence electrons. The Morgan fingerprint density at radius 1 is 1.39 bits per heavy atom. The van der Waals surface area contributed by atoms with E-state index in [0.717, 1.165) is 12.8 Å². The molecule has 0 heterocycles. The number of benzene rings is 1. The van der Waals surface area contributed by atoms with Gasteiger partial charge in [-0.05, 0) is 50.8 Å². The lowest BCUT2D eigenvalue weighted by Gasteiger charge is -2.16. The monoisotopic (exact) mass is 249 g/mol. The summed E-state index contributed by atoms with van der Waals surface area (Å²) in [5, 5.41) is 0. The molecule has 1 aromatic rings. The van der Waals surface area contributed by atoms with Gasteiger partial charge in [0.2, 0.25) is 0 Å². The average molecular weight is 249 g/mol. The molecular formula is C14H19NO3. The van der Waals surface area contributed by atoms with Gasteiger partial charge in [-0.3, -0.25) is 0 Å². The summed E-state index contributed by atoms with van der Waals surface area (Å²) in [5.74, 6) is 0.201. The summed E-state index contributed by atoms with van der Waals surface area (Å²) in [6.07, 6.45) is 4.68. The van der Waals surface area contributed by atoms with Crippen molar-refractivity contribution in [3.63, 3.8) is 0 Å². The Labute approximate surface area is 107 Å². The standard InChI is InChI=1S/C14H19NO3/c1-2-17-14(16)12-9-10(15)7-8-13(12)18-11-5-3-4-6-11/h7-9,11H,2-6,15H2,1H3. The van der Waals surface area contributed by atoms with E-state index in [9.17, 15) is 4.79 Å². The number of carbonyl (C=O) groups is 1. The van der Waals surface area contributed by atoms with Gasteiger partial charge in [-0.2, -0.15) is 0 Å². The molecule has 1 fully saturated rings. The molecule has 0 spiro atoms. The molecule has 0 aromatic heterocycles. The second-order valence-electron chi connectivity index (χ2n) is 4.50. The number of rotatable bonds is 4. The van der Waals surface area contributed by atoms with Crippen molar-refractivity contribution in [2.45, 2.75) is 38.7 Å². The van der Waals surface area contributed by atoms with Gasteiger partial charge in [0.05, 0.1) is 12.7 Å². The molecule has 1 aliphatic rings. The third-order valence-corrected chi connectivity index (χ3v) is 3.09. The molecule has 1 aromatic carbocycles. The predicted molar refractivity (Wildman–Crippen MR) is 69.7 cm³/mol. The number of anilines is 1. The van der Waals surface area contributed by atoms with E-state index in [-0.39, 0.29) is 12.1 Å². The first-order valence-electron chi connectivity index (χ1n) is 6.44. The van der Waals surface area contributed by atoms with Gasteiger partial charge in [0.15, 0.2) is 0 Å². The Kier molecular flexibility index (Phi) is 4.07. The second kappa shape index (κ2) is 5.76. The molecule has 0 amide bonds. The van der Waals surface area contributed by atoms with E-state index >= 15 is 0 Å². The van der Waals surface area contributed by atoms with Crippen LogP contribution in [0.5, 0.6) is 5.75 Å². The maximum absolute atomic E-state index is 11.8. The third-order valence-electron chi connectivity index (χ3n) is 3.09. The first-order chi connectivity index (χ1) is 8.70. The van der Waals surface area contributed by atoms with Crippen molar-refractivity contribution < 1.29 is 14.3 Å². The highest BCUT2D eigenvalue weighted by molar-refractivity contribution is 5.93. The molecule has 0 saturated heterocycles. The van der Waals surface area contributed by atoms with E-state index in [1.54, 1.807) is 25.1 Å². The van der Waals surface area contributed by atoms with Crippen LogP contribution < -0.4 is 10.5 Å². The van der Waals surface area contributed by atoms with Gasteiger partial charge in [0.25, 0.3) is 0 Å². The first-order valence-corrected chi connectivity index (χ1v) is 6.44. The molecule has 1 aliphatic carbocycles. The van der Waals surface area contributed by atoms with Crippen molar-refractivity contribution >= 4 is 11.7 Å². The van der Waals surface area contributed by atoms with Crippen LogP contribution in [0.3, 0.4) is 0 Å². The molecule has 0 aliphatic heterocycles. The number of hydrogen-bond acceptors (Lipinski definition) is 4. The second-order valence-corrected chi connectivity index (χ2v) is 4.50. The Morgan fingerprint density at radius 2 is 2.11 bits per heavy atom. The predicted octanol–water partition coefficient (Wildman–Crippen LogP) is 2.77. The van der Waals surface area contributed by atoms with Gasteiger partial charge in [-0.25, -0.2) is 4.79 Å². The van der Waals surface area contributed by atoms with Crippen molar-refractivity contribution in [1.29, 1.82) is 0 Å². The molecule has 0 atom stereocenters. The number of carbonyl (C=O) groups excluding carboxylic acids is 1. The molecule has 0 bridgehead atoms. The van der Waals surface area contributed by atoms with E-state index in [4.69, 9.17) is 15.2 Å². The fourth-order valence-corrected chi connectivity index (χ4v) is 2.20. The fraction of sp³-hybridized carbons (Fsp3) is 0.500. The molecule has 4 heteroatoms. The molecule has 2 N–H and O–H groups in total. The number of esters is 1. The minimum Gasteiger partial charge on any atom is -0.490 e. The number of nitrogen functional groups attached to an aromatic ring is 1. The summed E-state index contributed by atoms with van der Waals surface area (Å²) in [4.78, 5) is 11.8. The van der Waals surface area contributed by atoms with Gasteiger partial charge in [-0.1, -0.05) is 0 Å². The Balaban J connectivity index is 2.19. The Bertz CT molecular complexity index is 425. The van der Waals surface area contributed by atoms with Gasteiger partial charge >= 0.3 is 5.97 Å². The van der Waals surface area contributed by atoms with E-state index in [0.29, 0.717) is 23.6 Å². The highest BCUT2D eigenvalue weighted by atomic mass is 16.5. The van der Waals surface area contributed by atoms with Crippen LogP contribution in [-0.2, 0) is 4.74 Å². The Morgan fingerprint density at radius 3 is 2.78 bits per heavy atom. The lowest BCUT2D eigenvalue weighted by atomic mass is 10.1. The lowest BCUT2D eigenvalue weighted by Crippen LogP contribution is -2.15. The zero-order valence-electron chi connectivity index (χ0n) is 10.6. The topological polar surface area (TPSA) is 61.5 Å². The normalized spacial score (nSPS) is 15.6. The lowest BCUT2D eigenvalue weighted by molar-refractivity contribution is 0.0519. The maximum atomic E-state index is 11.8. The average Bonchev–Trinajstić information content (AvgIpc) is 2.84. The van der Waals surface area contributed by atoms with Gasteiger partial charge in [-0.15, -0.1) is 0 Å². The van der Waals surface area contributed by atoms with Crippen molar-refractivity contribution in [1.82, 2.24) is 0 Å². The minimum atomic E-state index is -0.377. The van der Waals surface area contributed by atoms with Crippen molar-refractivity contribution in [3.8, 4) is 5.75 Å². The zero-order valence-corrected chi connectivity index (χ0v) is 10.6. The summed E-state index contributed by atoms with van der Waals surface area (Å²) in [5.41, 5.74) is 6.67. The largest absolute Gasteiger partial charge is 0.490 e. The molecule has 0 unspecified atom stereocenters. The van der Waals surface area contributed by atoms with Crippen molar-refractivity contribution in [3.05, 3.63) is 23.8 Å². The van der Waals surface area contributed by atoms with Gasteiger partial charge in [0.1, 0.15) is 11.3 Å². The summed E-state index contributed by atoms with van der Waals surface area (Å²) in [6, 6.07) is 5.11. The summed E-state index contributed by atoms with van der Waals surface area (Å²) in [6.45, 7) is 2.12. The summed E-state index contributed by atoms with van der Waals surface area (Å²) in [7, 11) is 0. The third kappa shape index (κ3) is 2.94. The highest BCUT2D eigenvalue weighted by Gasteiger charge is 2.20. The minimum absolute atomic E-state index is 0.210. The first kappa shape index (κ1) is 12.7. The molecule has 0 radical (unpaired) electrons. The van der Waals surface area contributed by atoms with Crippen molar-refractivity contribution in [2.75, 3.05) is 12.3 Å². The summed E-state index contributed by atoms with van der Waals surface area (Å²) >= 11 is 0. The van der Waals surface area contributed by atoms with Crippen LogP contribution in [0.1, 0.15) is 43.0 Å². The van der Waals surface area contributed by atoms with E-state index in [2.05, 4.69) is 0 Å². The smallest absolute Gasteiger partial charge is 0.341 e.